The van der Waals surface area contributed by atoms with Gasteiger partial charge in [-0.05, 0) is 112 Å². The number of rotatable bonds is 9. The van der Waals surface area contributed by atoms with Crippen molar-refractivity contribution in [3.63, 3.8) is 0 Å². The highest BCUT2D eigenvalue weighted by Gasteiger charge is 2.55. The van der Waals surface area contributed by atoms with E-state index in [1.54, 1.807) is 24.1 Å². The maximum atomic E-state index is 13.4. The van der Waals surface area contributed by atoms with Gasteiger partial charge in [0.15, 0.2) is 9.84 Å². The van der Waals surface area contributed by atoms with Crippen molar-refractivity contribution in [2.24, 2.45) is 17.8 Å². The van der Waals surface area contributed by atoms with E-state index in [9.17, 15) is 18.0 Å². The zero-order chi connectivity index (χ0) is 35.8. The number of fused-ring (bicyclic) bond motifs is 1. The molecule has 3 atom stereocenters. The smallest absolute Gasteiger partial charge is 0.407 e. The first-order chi connectivity index (χ1) is 24.6. The van der Waals surface area contributed by atoms with Gasteiger partial charge >= 0.3 is 6.09 Å². The third kappa shape index (κ3) is 7.05. The maximum absolute atomic E-state index is 13.4. The first-order valence-corrected chi connectivity index (χ1v) is 20.5. The number of nitrogens with zero attached hydrogens (tertiary/aromatic N) is 4. The predicted molar refractivity (Wildman–Crippen MR) is 199 cm³/mol. The monoisotopic (exact) mass is 717 g/mol. The van der Waals surface area contributed by atoms with Crippen molar-refractivity contribution in [3.05, 3.63) is 72.3 Å². The topological polar surface area (TPSA) is 103 Å². The van der Waals surface area contributed by atoms with Gasteiger partial charge in [-0.25, -0.2) is 13.2 Å². The van der Waals surface area contributed by atoms with Gasteiger partial charge in [-0.2, -0.15) is 0 Å². The summed E-state index contributed by atoms with van der Waals surface area (Å²) in [5.41, 5.74) is 3.93. The van der Waals surface area contributed by atoms with Gasteiger partial charge in [0.25, 0.3) is 0 Å². The van der Waals surface area contributed by atoms with Crippen LogP contribution in [0.3, 0.4) is 0 Å². The van der Waals surface area contributed by atoms with E-state index in [0.29, 0.717) is 48.6 Å². The molecule has 1 aliphatic carbocycles. The minimum absolute atomic E-state index is 0.0420. The van der Waals surface area contributed by atoms with Crippen LogP contribution in [0.15, 0.2) is 66.1 Å². The number of benzene rings is 2. The predicted octanol–water partition coefficient (Wildman–Crippen LogP) is 4.69. The van der Waals surface area contributed by atoms with Gasteiger partial charge in [0, 0.05) is 75.8 Å². The molecule has 276 valence electrons. The number of ether oxygens (including phenoxy) is 1. The molecule has 1 N–H and O–H groups in total. The van der Waals surface area contributed by atoms with Crippen molar-refractivity contribution in [1.29, 1.82) is 0 Å². The highest BCUT2D eigenvalue weighted by Crippen LogP contribution is 2.54. The van der Waals surface area contributed by atoms with Crippen LogP contribution in [-0.2, 0) is 31.3 Å². The summed E-state index contributed by atoms with van der Waals surface area (Å²) < 4.78 is 32.8. The molecule has 1 saturated carbocycles. The fourth-order valence-electron chi connectivity index (χ4n) is 10.3. The lowest BCUT2D eigenvalue weighted by Crippen LogP contribution is -2.58. The molecule has 2 aromatic carbocycles. The number of likely N-dealkylation sites (tertiary alicyclic amines) is 2. The quantitative estimate of drug-likeness (QED) is 0.373. The molecule has 2 amide bonds. The van der Waals surface area contributed by atoms with Crippen LogP contribution >= 0.6 is 0 Å². The van der Waals surface area contributed by atoms with Gasteiger partial charge in [-0.1, -0.05) is 30.8 Å². The standard InChI is InChI=1S/C40H55N5O5S/c1-4-38(46)44-22-18-34(19-23-44)51(48,49)33-14-12-32(13-15-33)45-25-29(26-45)24-43-20-16-31(17-21-43)40(36-10-7-11-37(36)50-39(47)41-2)28-42(3)27-30-8-5-6-9-35(30)40/h4-6,8-9,12-15,29,31,34,36-37H,1,7,10-11,16-28H2,2-3H3,(H,41,47). The van der Waals surface area contributed by atoms with E-state index in [1.807, 2.05) is 12.1 Å². The fraction of sp³-hybridized carbons (Fsp3) is 0.600. The molecule has 3 saturated heterocycles. The van der Waals surface area contributed by atoms with E-state index in [1.165, 1.54) is 17.2 Å². The molecule has 4 heterocycles. The van der Waals surface area contributed by atoms with E-state index < -0.39 is 15.1 Å². The lowest BCUT2D eigenvalue weighted by molar-refractivity contribution is -0.126. The number of carbonyl (C=O) groups excluding carboxylic acids is 2. The van der Waals surface area contributed by atoms with Crippen LogP contribution in [0.5, 0.6) is 0 Å². The SMILES string of the molecule is C=CC(=O)N1CCC(S(=O)(=O)c2ccc(N3CC(CN4CCC(C5(C6CCCC6OC(=O)NC)CN(C)Cc6ccccc65)CC4)C3)cc2)CC1. The molecule has 0 bridgehead atoms. The fourth-order valence-corrected chi connectivity index (χ4v) is 12.0. The zero-order valence-corrected chi connectivity index (χ0v) is 31.2. The van der Waals surface area contributed by atoms with Crippen LogP contribution in [0.4, 0.5) is 10.5 Å². The lowest BCUT2D eigenvalue weighted by atomic mass is 9.56. The largest absolute Gasteiger partial charge is 0.446 e. The summed E-state index contributed by atoms with van der Waals surface area (Å²) in [6.07, 6.45) is 7.20. The molecule has 7 rings (SSSR count). The summed E-state index contributed by atoms with van der Waals surface area (Å²) in [6, 6.07) is 16.5. The van der Waals surface area contributed by atoms with Gasteiger partial charge in [-0.15, -0.1) is 0 Å². The Morgan fingerprint density at radius 2 is 1.67 bits per heavy atom. The van der Waals surface area contributed by atoms with E-state index in [4.69, 9.17) is 4.74 Å². The lowest BCUT2D eigenvalue weighted by Gasteiger charge is -2.54. The minimum atomic E-state index is -3.45. The van der Waals surface area contributed by atoms with E-state index in [-0.39, 0.29) is 23.5 Å². The Morgan fingerprint density at radius 1 is 0.961 bits per heavy atom. The normalized spacial score (nSPS) is 27.1. The summed E-state index contributed by atoms with van der Waals surface area (Å²) in [4.78, 5) is 33.9. The third-order valence-electron chi connectivity index (χ3n) is 12.8. The summed E-state index contributed by atoms with van der Waals surface area (Å²) in [5.74, 6) is 1.27. The van der Waals surface area contributed by atoms with Gasteiger partial charge in [0.1, 0.15) is 6.10 Å². The van der Waals surface area contributed by atoms with Gasteiger partial charge < -0.3 is 29.7 Å². The Balaban J connectivity index is 0.954. The molecule has 3 unspecified atom stereocenters. The van der Waals surface area contributed by atoms with Crippen LogP contribution in [0, 0.1) is 17.8 Å². The molecule has 4 fully saturated rings. The highest BCUT2D eigenvalue weighted by molar-refractivity contribution is 7.92. The second kappa shape index (κ2) is 14.9. The molecule has 0 aromatic heterocycles. The number of alkyl carbamates (subject to hydrolysis) is 1. The van der Waals surface area contributed by atoms with E-state index in [2.05, 4.69) is 57.9 Å². The maximum Gasteiger partial charge on any atom is 0.407 e. The third-order valence-corrected chi connectivity index (χ3v) is 15.0. The first-order valence-electron chi connectivity index (χ1n) is 19.0. The van der Waals surface area contributed by atoms with Crippen molar-refractivity contribution in [1.82, 2.24) is 20.0 Å². The molecule has 51 heavy (non-hydrogen) atoms. The second-order valence-corrected chi connectivity index (χ2v) is 17.9. The number of nitrogens with one attached hydrogen (secondary N) is 1. The Kier molecular flexibility index (Phi) is 10.5. The van der Waals surface area contributed by atoms with Gasteiger partial charge in [-0.3, -0.25) is 4.79 Å². The molecule has 2 aromatic rings. The van der Waals surface area contributed by atoms with Crippen molar-refractivity contribution >= 4 is 27.5 Å². The van der Waals surface area contributed by atoms with Gasteiger partial charge in [0.05, 0.1) is 10.1 Å². The summed E-state index contributed by atoms with van der Waals surface area (Å²) in [5, 5.41) is 2.23. The number of hydrogen-bond donors (Lipinski definition) is 1. The van der Waals surface area contributed by atoms with Crippen LogP contribution in [-0.4, -0.2) is 113 Å². The zero-order valence-electron chi connectivity index (χ0n) is 30.3. The summed E-state index contributed by atoms with van der Waals surface area (Å²) >= 11 is 0. The number of sulfone groups is 1. The van der Waals surface area contributed by atoms with Crippen molar-refractivity contribution in [2.75, 3.05) is 71.4 Å². The highest BCUT2D eigenvalue weighted by atomic mass is 32.2. The molecule has 10 nitrogen and oxygen atoms in total. The molecule has 0 spiro atoms. The minimum Gasteiger partial charge on any atom is -0.446 e. The van der Waals surface area contributed by atoms with E-state index in [0.717, 1.165) is 83.6 Å². The summed E-state index contributed by atoms with van der Waals surface area (Å²) in [7, 11) is 0.447. The first kappa shape index (κ1) is 36.0. The Hall–Kier alpha value is -3.41. The van der Waals surface area contributed by atoms with Crippen LogP contribution in [0.2, 0.25) is 0 Å². The van der Waals surface area contributed by atoms with Crippen LogP contribution in [0.1, 0.15) is 56.1 Å². The van der Waals surface area contributed by atoms with Crippen molar-refractivity contribution < 1.29 is 22.7 Å². The van der Waals surface area contributed by atoms with Crippen molar-refractivity contribution in [2.45, 2.75) is 73.2 Å². The average molecular weight is 718 g/mol. The number of piperidine rings is 2. The second-order valence-electron chi connectivity index (χ2n) is 15.7. The molecule has 0 radical (unpaired) electrons. The molecular weight excluding hydrogens is 663 g/mol. The number of amides is 2. The molecular formula is C40H55N5O5S. The summed E-state index contributed by atoms with van der Waals surface area (Å²) in [6.45, 7) is 11.6. The van der Waals surface area contributed by atoms with E-state index >= 15 is 0 Å². The Morgan fingerprint density at radius 3 is 2.35 bits per heavy atom. The number of likely N-dealkylation sites (N-methyl/N-ethyl adjacent to an activating group) is 1. The average Bonchev–Trinajstić information content (AvgIpc) is 3.60. The van der Waals surface area contributed by atoms with Crippen LogP contribution < -0.4 is 10.2 Å². The Labute approximate surface area is 304 Å². The van der Waals surface area contributed by atoms with Gasteiger partial charge in [0.2, 0.25) is 5.91 Å². The van der Waals surface area contributed by atoms with Crippen LogP contribution in [0.25, 0.3) is 0 Å². The molecule has 11 heteroatoms. The number of anilines is 1. The Bertz CT molecular complexity index is 1680. The number of hydrogen-bond acceptors (Lipinski definition) is 8. The number of carbonyl (C=O) groups is 2. The molecule has 5 aliphatic rings. The van der Waals surface area contributed by atoms with Crippen molar-refractivity contribution in [3.8, 4) is 0 Å². The molecule has 4 aliphatic heterocycles.